The lowest BCUT2D eigenvalue weighted by Gasteiger charge is -2.18. The number of nitrogens with one attached hydrogen (secondary N) is 1. The summed E-state index contributed by atoms with van der Waals surface area (Å²) >= 11 is 0. The first kappa shape index (κ1) is 14.1. The minimum absolute atomic E-state index is 0.204. The van der Waals surface area contributed by atoms with Crippen LogP contribution in [0.4, 0.5) is 4.39 Å². The molecule has 0 aliphatic heterocycles. The van der Waals surface area contributed by atoms with Gasteiger partial charge in [0.2, 0.25) is 0 Å². The van der Waals surface area contributed by atoms with Gasteiger partial charge in [-0.3, -0.25) is 0 Å². The summed E-state index contributed by atoms with van der Waals surface area (Å²) in [5.41, 5.74) is 2.23. The molecule has 0 saturated heterocycles. The SMILES string of the molecule is Oc1cccc(CC(CNC2CC2)c2ccc(F)cc2)c1. The van der Waals surface area contributed by atoms with E-state index >= 15 is 0 Å². The first-order chi connectivity index (χ1) is 10.2. The van der Waals surface area contributed by atoms with E-state index in [1.807, 2.05) is 24.3 Å². The van der Waals surface area contributed by atoms with Crippen LogP contribution in [0.5, 0.6) is 5.75 Å². The largest absolute Gasteiger partial charge is 0.508 e. The molecule has 1 fully saturated rings. The Labute approximate surface area is 124 Å². The fraction of sp³-hybridized carbons (Fsp3) is 0.333. The van der Waals surface area contributed by atoms with Crippen LogP contribution in [-0.4, -0.2) is 17.7 Å². The zero-order chi connectivity index (χ0) is 14.7. The highest BCUT2D eigenvalue weighted by Crippen LogP contribution is 2.25. The Morgan fingerprint density at radius 3 is 2.57 bits per heavy atom. The number of hydrogen-bond donors (Lipinski definition) is 2. The summed E-state index contributed by atoms with van der Waals surface area (Å²) in [6, 6.07) is 14.8. The Morgan fingerprint density at radius 1 is 1.14 bits per heavy atom. The minimum atomic E-state index is -0.204. The van der Waals surface area contributed by atoms with E-state index in [1.54, 1.807) is 12.1 Å². The molecular weight excluding hydrogens is 265 g/mol. The number of hydrogen-bond acceptors (Lipinski definition) is 2. The molecule has 0 spiro atoms. The second-order valence-electron chi connectivity index (χ2n) is 5.81. The summed E-state index contributed by atoms with van der Waals surface area (Å²) in [6.45, 7) is 0.881. The molecule has 110 valence electrons. The van der Waals surface area contributed by atoms with Gasteiger partial charge < -0.3 is 10.4 Å². The molecule has 2 aromatic carbocycles. The zero-order valence-electron chi connectivity index (χ0n) is 11.9. The summed E-state index contributed by atoms with van der Waals surface area (Å²) in [5, 5.41) is 13.1. The monoisotopic (exact) mass is 285 g/mol. The molecule has 1 unspecified atom stereocenters. The van der Waals surface area contributed by atoms with Gasteiger partial charge in [0.15, 0.2) is 0 Å². The van der Waals surface area contributed by atoms with Gasteiger partial charge >= 0.3 is 0 Å². The summed E-state index contributed by atoms with van der Waals surface area (Å²) in [5.74, 6) is 0.374. The molecular formula is C18H20FNO. The first-order valence-electron chi connectivity index (χ1n) is 7.47. The summed E-state index contributed by atoms with van der Waals surface area (Å²) < 4.78 is 13.1. The van der Waals surface area contributed by atoms with Gasteiger partial charge in [0.05, 0.1) is 0 Å². The first-order valence-corrected chi connectivity index (χ1v) is 7.47. The van der Waals surface area contributed by atoms with Crippen LogP contribution in [0.15, 0.2) is 48.5 Å². The van der Waals surface area contributed by atoms with Gasteiger partial charge in [-0.25, -0.2) is 4.39 Å². The summed E-state index contributed by atoms with van der Waals surface area (Å²) in [7, 11) is 0. The van der Waals surface area contributed by atoms with Gasteiger partial charge in [0.25, 0.3) is 0 Å². The van der Waals surface area contributed by atoms with Crippen LogP contribution in [0.25, 0.3) is 0 Å². The lowest BCUT2D eigenvalue weighted by Crippen LogP contribution is -2.24. The molecule has 1 aliphatic rings. The smallest absolute Gasteiger partial charge is 0.123 e. The number of rotatable bonds is 6. The Bertz CT molecular complexity index is 592. The number of aromatic hydroxyl groups is 1. The molecule has 2 aromatic rings. The van der Waals surface area contributed by atoms with Crippen LogP contribution in [0.3, 0.4) is 0 Å². The van der Waals surface area contributed by atoms with E-state index in [2.05, 4.69) is 5.32 Å². The maximum Gasteiger partial charge on any atom is 0.123 e. The van der Waals surface area contributed by atoms with Gasteiger partial charge in [0, 0.05) is 18.5 Å². The van der Waals surface area contributed by atoms with E-state index in [4.69, 9.17) is 0 Å². The third-order valence-corrected chi connectivity index (χ3v) is 3.96. The Kier molecular flexibility index (Phi) is 4.20. The molecule has 0 heterocycles. The highest BCUT2D eigenvalue weighted by Gasteiger charge is 2.22. The van der Waals surface area contributed by atoms with E-state index in [0.29, 0.717) is 11.8 Å². The van der Waals surface area contributed by atoms with Gasteiger partial charge in [0.1, 0.15) is 11.6 Å². The quantitative estimate of drug-likeness (QED) is 0.850. The van der Waals surface area contributed by atoms with E-state index in [9.17, 15) is 9.50 Å². The van der Waals surface area contributed by atoms with Crippen LogP contribution in [0, 0.1) is 5.82 Å². The molecule has 0 radical (unpaired) electrons. The number of phenolic OH excluding ortho intramolecular Hbond substituents is 1. The Balaban J connectivity index is 1.75. The molecule has 1 atom stereocenters. The van der Waals surface area contributed by atoms with E-state index < -0.39 is 0 Å². The lowest BCUT2D eigenvalue weighted by atomic mass is 9.91. The van der Waals surface area contributed by atoms with Crippen molar-refractivity contribution in [3.05, 3.63) is 65.5 Å². The topological polar surface area (TPSA) is 32.3 Å². The van der Waals surface area contributed by atoms with Crippen molar-refractivity contribution in [1.82, 2.24) is 5.32 Å². The molecule has 0 aromatic heterocycles. The summed E-state index contributed by atoms with van der Waals surface area (Å²) in [6.07, 6.45) is 3.34. The molecule has 21 heavy (non-hydrogen) atoms. The van der Waals surface area contributed by atoms with Crippen molar-refractivity contribution in [2.45, 2.75) is 31.2 Å². The van der Waals surface area contributed by atoms with Gasteiger partial charge in [-0.05, 0) is 54.7 Å². The van der Waals surface area contributed by atoms with Gasteiger partial charge in [-0.1, -0.05) is 24.3 Å². The fourth-order valence-electron chi connectivity index (χ4n) is 2.61. The molecule has 1 saturated carbocycles. The molecule has 1 aliphatic carbocycles. The summed E-state index contributed by atoms with van der Waals surface area (Å²) in [4.78, 5) is 0. The van der Waals surface area contributed by atoms with Crippen LogP contribution in [0.1, 0.15) is 29.9 Å². The van der Waals surface area contributed by atoms with Crippen LogP contribution in [-0.2, 0) is 6.42 Å². The van der Waals surface area contributed by atoms with Crippen molar-refractivity contribution >= 4 is 0 Å². The lowest BCUT2D eigenvalue weighted by molar-refractivity contribution is 0.474. The second kappa shape index (κ2) is 6.27. The maximum absolute atomic E-state index is 13.1. The fourth-order valence-corrected chi connectivity index (χ4v) is 2.61. The number of phenols is 1. The third-order valence-electron chi connectivity index (χ3n) is 3.96. The molecule has 3 rings (SSSR count). The Hall–Kier alpha value is -1.87. The van der Waals surface area contributed by atoms with Crippen LogP contribution < -0.4 is 5.32 Å². The highest BCUT2D eigenvalue weighted by atomic mass is 19.1. The molecule has 0 bridgehead atoms. The number of benzene rings is 2. The second-order valence-corrected chi connectivity index (χ2v) is 5.81. The van der Waals surface area contributed by atoms with Crippen molar-refractivity contribution in [1.29, 1.82) is 0 Å². The van der Waals surface area contributed by atoms with E-state index in [0.717, 1.165) is 24.1 Å². The maximum atomic E-state index is 13.1. The van der Waals surface area contributed by atoms with Crippen molar-refractivity contribution in [2.24, 2.45) is 0 Å². The van der Waals surface area contributed by atoms with Crippen LogP contribution in [0.2, 0.25) is 0 Å². The van der Waals surface area contributed by atoms with Crippen molar-refractivity contribution in [2.75, 3.05) is 6.54 Å². The normalized spacial score (nSPS) is 15.9. The third kappa shape index (κ3) is 4.05. The van der Waals surface area contributed by atoms with Crippen LogP contribution >= 0.6 is 0 Å². The molecule has 0 amide bonds. The van der Waals surface area contributed by atoms with Crippen molar-refractivity contribution < 1.29 is 9.50 Å². The van der Waals surface area contributed by atoms with Crippen molar-refractivity contribution in [3.8, 4) is 5.75 Å². The Morgan fingerprint density at radius 2 is 1.90 bits per heavy atom. The average Bonchev–Trinajstić information content (AvgIpc) is 3.29. The van der Waals surface area contributed by atoms with Crippen molar-refractivity contribution in [3.63, 3.8) is 0 Å². The minimum Gasteiger partial charge on any atom is -0.508 e. The predicted molar refractivity (Wildman–Crippen MR) is 82.0 cm³/mol. The van der Waals surface area contributed by atoms with E-state index in [1.165, 1.54) is 25.0 Å². The molecule has 2 nitrogen and oxygen atoms in total. The standard InChI is InChI=1S/C18H20FNO/c19-16-6-4-14(5-7-16)15(12-20-17-8-9-17)10-13-2-1-3-18(21)11-13/h1-7,11,15,17,20-21H,8-10,12H2. The highest BCUT2D eigenvalue weighted by molar-refractivity contribution is 5.30. The van der Waals surface area contributed by atoms with Gasteiger partial charge in [-0.2, -0.15) is 0 Å². The molecule has 3 heteroatoms. The predicted octanol–water partition coefficient (Wildman–Crippen LogP) is 3.61. The number of halogens is 1. The zero-order valence-corrected chi connectivity index (χ0v) is 11.9. The average molecular weight is 285 g/mol. The molecule has 2 N–H and O–H groups in total. The van der Waals surface area contributed by atoms with E-state index in [-0.39, 0.29) is 11.7 Å². The van der Waals surface area contributed by atoms with Gasteiger partial charge in [-0.15, -0.1) is 0 Å².